The fourth-order valence-electron chi connectivity index (χ4n) is 1.53. The Labute approximate surface area is 105 Å². The maximum atomic E-state index is 11.1. The van der Waals surface area contributed by atoms with Crippen molar-refractivity contribution in [2.45, 2.75) is 20.1 Å². The minimum absolute atomic E-state index is 0.0279. The molecule has 0 saturated carbocycles. The van der Waals surface area contributed by atoms with Crippen molar-refractivity contribution in [3.05, 3.63) is 53.5 Å². The topological polar surface area (TPSA) is 59.7 Å². The van der Waals surface area contributed by atoms with Crippen LogP contribution >= 0.6 is 0 Å². The molecule has 0 aliphatic heterocycles. The van der Waals surface area contributed by atoms with Crippen LogP contribution < -0.4 is 4.74 Å². The predicted molar refractivity (Wildman–Crippen MR) is 65.4 cm³/mol. The Morgan fingerprint density at radius 2 is 1.83 bits per heavy atom. The molecule has 0 amide bonds. The van der Waals surface area contributed by atoms with Crippen LogP contribution in [0.1, 0.15) is 28.8 Å². The molecule has 0 bridgehead atoms. The molecule has 0 radical (unpaired) electrons. The van der Waals surface area contributed by atoms with Crippen molar-refractivity contribution in [2.24, 2.45) is 0 Å². The molecule has 1 aromatic heterocycles. The summed E-state index contributed by atoms with van der Waals surface area (Å²) >= 11 is 0. The minimum Gasteiger partial charge on any atom is -0.486 e. The van der Waals surface area contributed by atoms with Crippen molar-refractivity contribution in [3.63, 3.8) is 0 Å². The summed E-state index contributed by atoms with van der Waals surface area (Å²) in [7, 11) is 0. The number of rotatable bonds is 5. The van der Waals surface area contributed by atoms with Crippen molar-refractivity contribution >= 4 is 5.78 Å². The zero-order chi connectivity index (χ0) is 13.0. The molecule has 2 rings (SSSR count). The van der Waals surface area contributed by atoms with Gasteiger partial charge >= 0.3 is 0 Å². The third kappa shape index (κ3) is 2.99. The Balaban J connectivity index is 1.95. The molecule has 0 saturated heterocycles. The minimum atomic E-state index is -0.118. The van der Waals surface area contributed by atoms with Gasteiger partial charge in [0.15, 0.2) is 5.78 Å². The second-order valence-corrected chi connectivity index (χ2v) is 3.90. The third-order valence-electron chi connectivity index (χ3n) is 2.52. The Kier molecular flexibility index (Phi) is 3.79. The number of aliphatic hydroxyl groups is 1. The molecule has 4 nitrogen and oxygen atoms in total. The monoisotopic (exact) mass is 246 g/mol. The lowest BCUT2D eigenvalue weighted by molar-refractivity contribution is 0.101. The molecule has 94 valence electrons. The van der Waals surface area contributed by atoms with Crippen LogP contribution in [-0.4, -0.2) is 10.9 Å². The molecule has 0 unspecified atom stereocenters. The van der Waals surface area contributed by atoms with Gasteiger partial charge in [0.2, 0.25) is 0 Å². The molecule has 18 heavy (non-hydrogen) atoms. The standard InChI is InChI=1S/C14H14O4/c1-10(16)11-2-4-12(5-3-11)17-9-14-7-6-13(8-15)18-14/h2-7,15H,8-9H2,1H3. The average molecular weight is 246 g/mol. The first-order valence-electron chi connectivity index (χ1n) is 5.61. The van der Waals surface area contributed by atoms with E-state index in [2.05, 4.69) is 0 Å². The first kappa shape index (κ1) is 12.4. The largest absolute Gasteiger partial charge is 0.486 e. The van der Waals surface area contributed by atoms with Crippen LogP contribution in [0.25, 0.3) is 0 Å². The number of ether oxygens (including phenoxy) is 1. The van der Waals surface area contributed by atoms with Crippen LogP contribution in [0.2, 0.25) is 0 Å². The lowest BCUT2D eigenvalue weighted by atomic mass is 10.1. The van der Waals surface area contributed by atoms with E-state index in [-0.39, 0.29) is 12.4 Å². The lowest BCUT2D eigenvalue weighted by Crippen LogP contribution is -1.95. The maximum Gasteiger partial charge on any atom is 0.159 e. The smallest absolute Gasteiger partial charge is 0.159 e. The van der Waals surface area contributed by atoms with Crippen LogP contribution in [0, 0.1) is 0 Å². The van der Waals surface area contributed by atoms with Gasteiger partial charge in [-0.1, -0.05) is 0 Å². The van der Waals surface area contributed by atoms with E-state index in [9.17, 15) is 4.79 Å². The second kappa shape index (κ2) is 5.51. The van der Waals surface area contributed by atoms with Gasteiger partial charge in [-0.2, -0.15) is 0 Å². The molecule has 0 aliphatic rings. The highest BCUT2D eigenvalue weighted by Gasteiger charge is 2.03. The molecule has 1 aromatic carbocycles. The van der Waals surface area contributed by atoms with E-state index in [1.165, 1.54) is 6.92 Å². The van der Waals surface area contributed by atoms with E-state index in [0.717, 1.165) is 0 Å². The number of benzene rings is 1. The Morgan fingerprint density at radius 3 is 2.39 bits per heavy atom. The molecule has 0 aliphatic carbocycles. The summed E-state index contributed by atoms with van der Waals surface area (Å²) in [5.74, 6) is 1.86. The molecule has 4 heteroatoms. The number of ketones is 1. The van der Waals surface area contributed by atoms with Crippen molar-refractivity contribution < 1.29 is 19.1 Å². The summed E-state index contributed by atoms with van der Waals surface area (Å²) < 4.78 is 10.8. The predicted octanol–water partition coefficient (Wildman–Crippen LogP) is 2.55. The van der Waals surface area contributed by atoms with Gasteiger partial charge in [0.25, 0.3) is 0 Å². The number of carbonyl (C=O) groups is 1. The van der Waals surface area contributed by atoms with Crippen LogP contribution in [-0.2, 0) is 13.2 Å². The van der Waals surface area contributed by atoms with Gasteiger partial charge < -0.3 is 14.3 Å². The van der Waals surface area contributed by atoms with Crippen LogP contribution in [0.3, 0.4) is 0 Å². The van der Waals surface area contributed by atoms with Crippen molar-refractivity contribution in [2.75, 3.05) is 0 Å². The molecule has 1 heterocycles. The Bertz CT molecular complexity index is 525. The maximum absolute atomic E-state index is 11.1. The highest BCUT2D eigenvalue weighted by Crippen LogP contribution is 2.15. The van der Waals surface area contributed by atoms with Crippen LogP contribution in [0.5, 0.6) is 5.75 Å². The number of carbonyl (C=O) groups excluding carboxylic acids is 1. The summed E-state index contributed by atoms with van der Waals surface area (Å²) in [6.45, 7) is 1.70. The van der Waals surface area contributed by atoms with E-state index in [1.54, 1.807) is 36.4 Å². The fourth-order valence-corrected chi connectivity index (χ4v) is 1.53. The summed E-state index contributed by atoms with van der Waals surface area (Å²) in [6.07, 6.45) is 0. The van der Waals surface area contributed by atoms with Crippen molar-refractivity contribution in [3.8, 4) is 5.75 Å². The van der Waals surface area contributed by atoms with Gasteiger partial charge in [0.1, 0.15) is 30.5 Å². The molecule has 0 spiro atoms. The second-order valence-electron chi connectivity index (χ2n) is 3.90. The average Bonchev–Trinajstić information content (AvgIpc) is 2.85. The van der Waals surface area contributed by atoms with Crippen molar-refractivity contribution in [1.29, 1.82) is 0 Å². The highest BCUT2D eigenvalue weighted by molar-refractivity contribution is 5.94. The quantitative estimate of drug-likeness (QED) is 0.824. The molecular weight excluding hydrogens is 232 g/mol. The summed E-state index contributed by atoms with van der Waals surface area (Å²) in [4.78, 5) is 11.1. The number of hydrogen-bond acceptors (Lipinski definition) is 4. The molecule has 1 N–H and O–H groups in total. The van der Waals surface area contributed by atoms with Gasteiger partial charge in [-0.05, 0) is 43.3 Å². The molecule has 0 atom stereocenters. The Morgan fingerprint density at radius 1 is 1.17 bits per heavy atom. The third-order valence-corrected chi connectivity index (χ3v) is 2.52. The first-order valence-corrected chi connectivity index (χ1v) is 5.61. The normalized spacial score (nSPS) is 10.3. The van der Waals surface area contributed by atoms with Gasteiger partial charge in [-0.25, -0.2) is 0 Å². The SMILES string of the molecule is CC(=O)c1ccc(OCc2ccc(CO)o2)cc1. The van der Waals surface area contributed by atoms with E-state index < -0.39 is 0 Å². The van der Waals surface area contributed by atoms with Gasteiger partial charge in [-0.15, -0.1) is 0 Å². The number of hydrogen-bond donors (Lipinski definition) is 1. The van der Waals surface area contributed by atoms with E-state index in [4.69, 9.17) is 14.3 Å². The van der Waals surface area contributed by atoms with Crippen molar-refractivity contribution in [1.82, 2.24) is 0 Å². The lowest BCUT2D eigenvalue weighted by Gasteiger charge is -2.04. The van der Waals surface area contributed by atoms with E-state index in [1.807, 2.05) is 0 Å². The van der Waals surface area contributed by atoms with Gasteiger partial charge in [-0.3, -0.25) is 4.79 Å². The van der Waals surface area contributed by atoms with Crippen LogP contribution in [0.15, 0.2) is 40.8 Å². The van der Waals surface area contributed by atoms with Gasteiger partial charge in [0, 0.05) is 5.56 Å². The summed E-state index contributed by atoms with van der Waals surface area (Å²) in [5.41, 5.74) is 0.655. The fraction of sp³-hybridized carbons (Fsp3) is 0.214. The molecule has 2 aromatic rings. The Hall–Kier alpha value is -2.07. The van der Waals surface area contributed by atoms with E-state index in [0.29, 0.717) is 29.4 Å². The number of Topliss-reactive ketones (excluding diaryl/α,β-unsaturated/α-hetero) is 1. The zero-order valence-electron chi connectivity index (χ0n) is 10.1. The number of furan rings is 1. The molecular formula is C14H14O4. The summed E-state index contributed by atoms with van der Waals surface area (Å²) in [5, 5.41) is 8.85. The highest BCUT2D eigenvalue weighted by atomic mass is 16.5. The number of aliphatic hydroxyl groups excluding tert-OH is 1. The zero-order valence-corrected chi connectivity index (χ0v) is 10.1. The first-order chi connectivity index (χ1) is 8.69. The summed E-state index contributed by atoms with van der Waals surface area (Å²) in [6, 6.07) is 10.4. The van der Waals surface area contributed by atoms with Gasteiger partial charge in [0.05, 0.1) is 0 Å². The molecule has 0 fully saturated rings. The van der Waals surface area contributed by atoms with Crippen LogP contribution in [0.4, 0.5) is 0 Å². The van der Waals surface area contributed by atoms with E-state index >= 15 is 0 Å².